The zero-order valence-electron chi connectivity index (χ0n) is 17.5. The minimum Gasteiger partial charge on any atom is -0.433 e. The lowest BCUT2D eigenvalue weighted by Crippen LogP contribution is -2.56. The van der Waals surface area contributed by atoms with E-state index in [4.69, 9.17) is 9.47 Å². The molecule has 0 N–H and O–H groups in total. The van der Waals surface area contributed by atoms with Crippen molar-refractivity contribution in [3.05, 3.63) is 107 Å². The summed E-state index contributed by atoms with van der Waals surface area (Å²) in [6, 6.07) is 19.2. The number of hydrogen-bond acceptors (Lipinski definition) is 4. The van der Waals surface area contributed by atoms with Crippen LogP contribution in [0.1, 0.15) is 27.0 Å². The molecule has 0 aliphatic carbocycles. The Labute approximate surface area is 188 Å². The van der Waals surface area contributed by atoms with Gasteiger partial charge in [-0.25, -0.2) is 9.18 Å². The number of benzene rings is 3. The highest BCUT2D eigenvalue weighted by Gasteiger charge is 2.46. The minimum atomic E-state index is -4.73. The molecule has 33 heavy (non-hydrogen) atoms. The average Bonchev–Trinajstić information content (AvgIpc) is 2.81. The van der Waals surface area contributed by atoms with Gasteiger partial charge in [0.05, 0.1) is 17.7 Å². The Morgan fingerprint density at radius 3 is 2.33 bits per heavy atom. The van der Waals surface area contributed by atoms with Crippen molar-refractivity contribution in [2.75, 3.05) is 19.8 Å². The summed E-state index contributed by atoms with van der Waals surface area (Å²) in [5.74, 6) is -1.63. The second-order valence-corrected chi connectivity index (χ2v) is 7.68. The number of carbonyl (C=O) groups excluding carboxylic acids is 1. The van der Waals surface area contributed by atoms with E-state index in [9.17, 15) is 22.4 Å². The van der Waals surface area contributed by atoms with Gasteiger partial charge < -0.3 is 9.47 Å². The Kier molecular flexibility index (Phi) is 6.49. The van der Waals surface area contributed by atoms with Crippen LogP contribution in [-0.4, -0.2) is 30.6 Å². The molecule has 1 saturated heterocycles. The lowest BCUT2D eigenvalue weighted by atomic mass is 9.98. The van der Waals surface area contributed by atoms with Crippen molar-refractivity contribution in [2.45, 2.75) is 18.4 Å². The standard InChI is InChI=1S/C25H21F4NO3/c26-20-12-10-19(11-13-20)24(17-32-15-14-30(24)16-18-6-2-1-3-7-18)33-23(31)21-8-4-5-9-22(21)25(27,28)29/h1-13H,14-17H2/t24-/m1/s1. The van der Waals surface area contributed by atoms with Crippen LogP contribution < -0.4 is 0 Å². The van der Waals surface area contributed by atoms with Gasteiger partial charge in [-0.1, -0.05) is 54.6 Å². The fraction of sp³-hybridized carbons (Fsp3) is 0.240. The van der Waals surface area contributed by atoms with E-state index in [1.54, 1.807) is 0 Å². The maximum absolute atomic E-state index is 13.7. The number of halogens is 4. The van der Waals surface area contributed by atoms with Crippen LogP contribution in [0, 0.1) is 5.82 Å². The van der Waals surface area contributed by atoms with Crippen LogP contribution >= 0.6 is 0 Å². The van der Waals surface area contributed by atoms with E-state index in [0.717, 1.165) is 17.7 Å². The molecule has 0 saturated carbocycles. The van der Waals surface area contributed by atoms with Gasteiger partial charge >= 0.3 is 12.1 Å². The highest BCUT2D eigenvalue weighted by molar-refractivity contribution is 5.91. The molecule has 0 aromatic heterocycles. The second kappa shape index (κ2) is 9.33. The molecule has 1 fully saturated rings. The number of esters is 1. The van der Waals surface area contributed by atoms with Crippen molar-refractivity contribution >= 4 is 5.97 Å². The van der Waals surface area contributed by atoms with Gasteiger partial charge in [-0.3, -0.25) is 4.90 Å². The summed E-state index contributed by atoms with van der Waals surface area (Å²) in [6.07, 6.45) is -4.73. The predicted molar refractivity (Wildman–Crippen MR) is 113 cm³/mol. The van der Waals surface area contributed by atoms with Crippen molar-refractivity contribution in [3.63, 3.8) is 0 Å². The largest absolute Gasteiger partial charge is 0.433 e. The number of hydrogen-bond donors (Lipinski definition) is 0. The molecule has 1 aliphatic heterocycles. The van der Waals surface area contributed by atoms with E-state index in [0.29, 0.717) is 25.3 Å². The van der Waals surface area contributed by atoms with Gasteiger partial charge in [0.25, 0.3) is 0 Å². The molecular formula is C25H21F4NO3. The molecule has 0 radical (unpaired) electrons. The first-order valence-electron chi connectivity index (χ1n) is 10.3. The highest BCUT2D eigenvalue weighted by Crippen LogP contribution is 2.38. The molecule has 172 valence electrons. The lowest BCUT2D eigenvalue weighted by molar-refractivity contribution is -0.202. The average molecular weight is 459 g/mol. The van der Waals surface area contributed by atoms with E-state index in [2.05, 4.69) is 0 Å². The fourth-order valence-electron chi connectivity index (χ4n) is 3.91. The van der Waals surface area contributed by atoms with Crippen LogP contribution in [-0.2, 0) is 27.9 Å². The van der Waals surface area contributed by atoms with Gasteiger partial charge in [-0.05, 0) is 29.8 Å². The van der Waals surface area contributed by atoms with Crippen LogP contribution in [0.3, 0.4) is 0 Å². The normalized spacial score (nSPS) is 19.3. The minimum absolute atomic E-state index is 0.120. The molecule has 0 unspecified atom stereocenters. The molecular weight excluding hydrogens is 438 g/mol. The summed E-state index contributed by atoms with van der Waals surface area (Å²) in [7, 11) is 0. The number of rotatable bonds is 5. The molecule has 0 amide bonds. The Hall–Kier alpha value is -3.23. The maximum atomic E-state index is 13.7. The topological polar surface area (TPSA) is 38.8 Å². The summed E-state index contributed by atoms with van der Waals surface area (Å²) in [5, 5.41) is 0. The third kappa shape index (κ3) is 4.91. The molecule has 0 spiro atoms. The smallest absolute Gasteiger partial charge is 0.417 e. The molecule has 0 bridgehead atoms. The highest BCUT2D eigenvalue weighted by atomic mass is 19.4. The Balaban J connectivity index is 1.77. The Bertz CT molecular complexity index is 1100. The van der Waals surface area contributed by atoms with Crippen molar-refractivity contribution in [1.82, 2.24) is 4.90 Å². The van der Waals surface area contributed by atoms with Gasteiger partial charge in [-0.15, -0.1) is 0 Å². The van der Waals surface area contributed by atoms with Crippen molar-refractivity contribution in [3.8, 4) is 0 Å². The molecule has 8 heteroatoms. The summed E-state index contributed by atoms with van der Waals surface area (Å²) in [6.45, 7) is 0.911. The molecule has 1 atom stereocenters. The zero-order chi connectivity index (χ0) is 23.5. The third-order valence-electron chi connectivity index (χ3n) is 5.54. The van der Waals surface area contributed by atoms with Crippen LogP contribution in [0.5, 0.6) is 0 Å². The van der Waals surface area contributed by atoms with Crippen LogP contribution in [0.25, 0.3) is 0 Å². The van der Waals surface area contributed by atoms with Crippen LogP contribution in [0.4, 0.5) is 17.6 Å². The summed E-state index contributed by atoms with van der Waals surface area (Å²) in [4.78, 5) is 15.0. The second-order valence-electron chi connectivity index (χ2n) is 7.68. The molecule has 1 heterocycles. The van der Waals surface area contributed by atoms with Crippen molar-refractivity contribution in [1.29, 1.82) is 0 Å². The number of ether oxygens (including phenoxy) is 2. The first kappa shape index (κ1) is 22.9. The molecule has 3 aromatic carbocycles. The third-order valence-corrected chi connectivity index (χ3v) is 5.54. The summed E-state index contributed by atoms with van der Waals surface area (Å²) in [5.41, 5.74) is -1.92. The summed E-state index contributed by atoms with van der Waals surface area (Å²) < 4.78 is 65.7. The number of carbonyl (C=O) groups is 1. The zero-order valence-corrected chi connectivity index (χ0v) is 17.5. The lowest BCUT2D eigenvalue weighted by Gasteiger charge is -2.46. The molecule has 1 aliphatic rings. The van der Waals surface area contributed by atoms with E-state index >= 15 is 0 Å². The quantitative estimate of drug-likeness (QED) is 0.379. The van der Waals surface area contributed by atoms with E-state index in [-0.39, 0.29) is 6.61 Å². The van der Waals surface area contributed by atoms with Crippen molar-refractivity contribution < 1.29 is 31.8 Å². The SMILES string of the molecule is O=C(O[C@@]1(c2ccc(F)cc2)COCCN1Cc1ccccc1)c1ccccc1C(F)(F)F. The van der Waals surface area contributed by atoms with Gasteiger partial charge in [0.2, 0.25) is 5.72 Å². The monoisotopic (exact) mass is 459 g/mol. The molecule has 3 aromatic rings. The van der Waals surface area contributed by atoms with Gasteiger partial charge in [-0.2, -0.15) is 13.2 Å². The maximum Gasteiger partial charge on any atom is 0.417 e. The number of nitrogens with zero attached hydrogens (tertiary/aromatic N) is 1. The van der Waals surface area contributed by atoms with E-state index in [1.807, 2.05) is 35.2 Å². The van der Waals surface area contributed by atoms with Gasteiger partial charge in [0, 0.05) is 18.7 Å². The van der Waals surface area contributed by atoms with Crippen molar-refractivity contribution in [2.24, 2.45) is 0 Å². The fourth-order valence-corrected chi connectivity index (χ4v) is 3.91. The van der Waals surface area contributed by atoms with Gasteiger partial charge in [0.1, 0.15) is 12.4 Å². The number of alkyl halides is 3. The first-order valence-corrected chi connectivity index (χ1v) is 10.3. The Morgan fingerprint density at radius 1 is 0.970 bits per heavy atom. The first-order chi connectivity index (χ1) is 15.8. The summed E-state index contributed by atoms with van der Waals surface area (Å²) >= 11 is 0. The van der Waals surface area contributed by atoms with E-state index < -0.39 is 34.8 Å². The van der Waals surface area contributed by atoms with Crippen LogP contribution in [0.2, 0.25) is 0 Å². The van der Waals surface area contributed by atoms with E-state index in [1.165, 1.54) is 36.4 Å². The number of morpholine rings is 1. The molecule has 4 nitrogen and oxygen atoms in total. The Morgan fingerprint density at radius 2 is 1.64 bits per heavy atom. The predicted octanol–water partition coefficient (Wildman–Crippen LogP) is 5.39. The van der Waals surface area contributed by atoms with Gasteiger partial charge in [0.15, 0.2) is 0 Å². The molecule has 4 rings (SSSR count). The van der Waals surface area contributed by atoms with Crippen LogP contribution in [0.15, 0.2) is 78.9 Å².